The van der Waals surface area contributed by atoms with E-state index in [1.54, 1.807) is 24.3 Å². The van der Waals surface area contributed by atoms with Crippen molar-refractivity contribution in [1.29, 1.82) is 0 Å². The van der Waals surface area contributed by atoms with Crippen LogP contribution in [-0.4, -0.2) is 36.7 Å². The van der Waals surface area contributed by atoms with E-state index in [-0.39, 0.29) is 12.4 Å². The third-order valence-corrected chi connectivity index (χ3v) is 6.50. The average molecular weight is 494 g/mol. The van der Waals surface area contributed by atoms with Gasteiger partial charge in [-0.15, -0.1) is 0 Å². The Kier molecular flexibility index (Phi) is 10.1. The zero-order valence-electron chi connectivity index (χ0n) is 21.1. The first-order chi connectivity index (χ1) is 18.2. The van der Waals surface area contributed by atoms with Crippen molar-refractivity contribution in [2.75, 3.05) is 19.7 Å². The van der Waals surface area contributed by atoms with Gasteiger partial charge in [0.2, 0.25) is 0 Å². The Morgan fingerprint density at radius 3 is 1.92 bits per heavy atom. The minimum atomic E-state index is -0.626. The summed E-state index contributed by atoms with van der Waals surface area (Å²) in [4.78, 5) is 12.5. The molecule has 0 fully saturated rings. The predicted octanol–water partition coefficient (Wildman–Crippen LogP) is 6.05. The van der Waals surface area contributed by atoms with Crippen LogP contribution in [0.5, 0.6) is 5.75 Å². The van der Waals surface area contributed by atoms with E-state index in [0.717, 1.165) is 24.9 Å². The van der Waals surface area contributed by atoms with Gasteiger partial charge in [0.15, 0.2) is 5.78 Å². The maximum atomic E-state index is 12.5. The number of hydrogen-bond donors (Lipinski definition) is 2. The van der Waals surface area contributed by atoms with Crippen LogP contribution in [-0.2, 0) is 6.42 Å². The van der Waals surface area contributed by atoms with E-state index in [4.69, 9.17) is 4.74 Å². The van der Waals surface area contributed by atoms with Gasteiger partial charge in [-0.3, -0.25) is 4.79 Å². The third kappa shape index (κ3) is 8.42. The Bertz CT molecular complexity index is 1160. The zero-order chi connectivity index (χ0) is 25.7. The number of Topliss-reactive ketones (excluding diaryl/α,β-unsaturated/α-hetero) is 1. The number of hydrogen-bond acceptors (Lipinski definition) is 4. The van der Waals surface area contributed by atoms with E-state index >= 15 is 0 Å². The van der Waals surface area contributed by atoms with Crippen molar-refractivity contribution in [3.05, 3.63) is 138 Å². The van der Waals surface area contributed by atoms with Crippen LogP contribution in [0.15, 0.2) is 115 Å². The molecular weight excluding hydrogens is 458 g/mol. The first kappa shape index (κ1) is 26.3. The SMILES string of the molecule is O=C(CCc1ccccc1)c1ccc(OC[C@H](O)CNCCC(c2ccccc2)c2ccccc2)cc1. The monoisotopic (exact) mass is 493 g/mol. The fraction of sp³-hybridized carbons (Fsp3) is 0.242. The van der Waals surface area contributed by atoms with Crippen LogP contribution in [0.3, 0.4) is 0 Å². The molecular formula is C33H35NO3. The normalized spacial score (nSPS) is 11.8. The maximum absolute atomic E-state index is 12.5. The molecule has 0 aromatic heterocycles. The first-order valence-electron chi connectivity index (χ1n) is 13.0. The van der Waals surface area contributed by atoms with E-state index in [2.05, 4.69) is 53.8 Å². The molecule has 4 rings (SSSR count). The van der Waals surface area contributed by atoms with Crippen molar-refractivity contribution in [2.24, 2.45) is 0 Å². The van der Waals surface area contributed by atoms with Crippen molar-refractivity contribution in [1.82, 2.24) is 5.32 Å². The summed E-state index contributed by atoms with van der Waals surface area (Å²) in [5, 5.41) is 13.8. The molecule has 0 bridgehead atoms. The zero-order valence-corrected chi connectivity index (χ0v) is 21.1. The summed E-state index contributed by atoms with van der Waals surface area (Å²) in [6.45, 7) is 1.42. The molecule has 0 aliphatic heterocycles. The van der Waals surface area contributed by atoms with Gasteiger partial charge in [0.1, 0.15) is 18.5 Å². The molecule has 4 aromatic rings. The molecule has 0 aliphatic rings. The number of aliphatic hydroxyl groups excluding tert-OH is 1. The number of benzene rings is 4. The van der Waals surface area contributed by atoms with Crippen LogP contribution in [0.1, 0.15) is 45.8 Å². The molecule has 0 heterocycles. The second-order valence-corrected chi connectivity index (χ2v) is 9.26. The largest absolute Gasteiger partial charge is 0.491 e. The Hall–Kier alpha value is -3.73. The lowest BCUT2D eigenvalue weighted by atomic mass is 9.88. The summed E-state index contributed by atoms with van der Waals surface area (Å²) in [6, 6.07) is 38.3. The summed E-state index contributed by atoms with van der Waals surface area (Å²) in [5.74, 6) is 1.06. The summed E-state index contributed by atoms with van der Waals surface area (Å²) >= 11 is 0. The minimum absolute atomic E-state index is 0.115. The Morgan fingerprint density at radius 1 is 0.757 bits per heavy atom. The van der Waals surface area contributed by atoms with Crippen molar-refractivity contribution in [3.8, 4) is 5.75 Å². The Labute approximate surface area is 220 Å². The summed E-state index contributed by atoms with van der Waals surface area (Å²) in [6.07, 6.45) is 1.51. The number of ether oxygens (including phenoxy) is 1. The lowest BCUT2D eigenvalue weighted by molar-refractivity contribution is 0.0981. The lowest BCUT2D eigenvalue weighted by Gasteiger charge is -2.19. The highest BCUT2D eigenvalue weighted by Crippen LogP contribution is 2.27. The molecule has 0 saturated carbocycles. The molecule has 0 aliphatic carbocycles. The van der Waals surface area contributed by atoms with Crippen molar-refractivity contribution < 1.29 is 14.6 Å². The van der Waals surface area contributed by atoms with Crippen molar-refractivity contribution in [3.63, 3.8) is 0 Å². The van der Waals surface area contributed by atoms with E-state index in [0.29, 0.717) is 30.2 Å². The van der Waals surface area contributed by atoms with Crippen LogP contribution in [0, 0.1) is 0 Å². The molecule has 2 N–H and O–H groups in total. The quantitative estimate of drug-likeness (QED) is 0.166. The van der Waals surface area contributed by atoms with Crippen LogP contribution >= 0.6 is 0 Å². The van der Waals surface area contributed by atoms with E-state index in [1.807, 2.05) is 42.5 Å². The number of ketones is 1. The Morgan fingerprint density at radius 2 is 1.32 bits per heavy atom. The van der Waals surface area contributed by atoms with E-state index < -0.39 is 6.10 Å². The van der Waals surface area contributed by atoms with E-state index in [1.165, 1.54) is 11.1 Å². The molecule has 37 heavy (non-hydrogen) atoms. The molecule has 0 unspecified atom stereocenters. The van der Waals surface area contributed by atoms with E-state index in [9.17, 15) is 9.90 Å². The number of carbonyl (C=O) groups excluding carboxylic acids is 1. The number of nitrogens with one attached hydrogen (secondary N) is 1. The second-order valence-electron chi connectivity index (χ2n) is 9.26. The van der Waals surface area contributed by atoms with Gasteiger partial charge in [-0.25, -0.2) is 0 Å². The van der Waals surface area contributed by atoms with Crippen LogP contribution in [0.25, 0.3) is 0 Å². The maximum Gasteiger partial charge on any atom is 0.163 e. The van der Waals surface area contributed by atoms with Gasteiger partial charge in [-0.05, 0) is 60.3 Å². The minimum Gasteiger partial charge on any atom is -0.491 e. The molecule has 0 spiro atoms. The molecule has 1 atom stereocenters. The fourth-order valence-electron chi connectivity index (χ4n) is 4.45. The van der Waals surface area contributed by atoms with Crippen LogP contribution in [0.4, 0.5) is 0 Å². The number of aryl methyl sites for hydroxylation is 1. The standard InChI is InChI=1S/C33H35NO3/c35-30(24-34-23-22-32(27-12-6-2-7-13-27)28-14-8-3-9-15-28)25-37-31-19-17-29(18-20-31)33(36)21-16-26-10-4-1-5-11-26/h1-15,17-20,30,32,34-35H,16,21-25H2/t30-/m1/s1. The second kappa shape index (κ2) is 14.1. The molecule has 190 valence electrons. The van der Waals surface area contributed by atoms with Gasteiger partial charge in [0.05, 0.1) is 0 Å². The highest BCUT2D eigenvalue weighted by atomic mass is 16.5. The predicted molar refractivity (Wildman–Crippen MR) is 149 cm³/mol. The number of carbonyl (C=O) groups is 1. The fourth-order valence-corrected chi connectivity index (χ4v) is 4.45. The molecule has 0 saturated heterocycles. The smallest absolute Gasteiger partial charge is 0.163 e. The number of rotatable bonds is 14. The Balaban J connectivity index is 1.18. The lowest BCUT2D eigenvalue weighted by Crippen LogP contribution is -2.32. The summed E-state index contributed by atoms with van der Waals surface area (Å²) < 4.78 is 5.75. The molecule has 0 amide bonds. The van der Waals surface area contributed by atoms with Crippen LogP contribution in [0.2, 0.25) is 0 Å². The van der Waals surface area contributed by atoms with Crippen molar-refractivity contribution in [2.45, 2.75) is 31.3 Å². The molecule has 4 aromatic carbocycles. The topological polar surface area (TPSA) is 58.6 Å². The van der Waals surface area contributed by atoms with Gasteiger partial charge in [-0.1, -0.05) is 91.0 Å². The first-order valence-corrected chi connectivity index (χ1v) is 13.0. The highest BCUT2D eigenvalue weighted by molar-refractivity contribution is 5.96. The molecule has 0 radical (unpaired) electrons. The summed E-state index contributed by atoms with van der Waals surface area (Å²) in [7, 11) is 0. The van der Waals surface area contributed by atoms with Gasteiger partial charge < -0.3 is 15.2 Å². The average Bonchev–Trinajstić information content (AvgIpc) is 2.96. The number of aliphatic hydroxyl groups is 1. The highest BCUT2D eigenvalue weighted by Gasteiger charge is 2.14. The third-order valence-electron chi connectivity index (χ3n) is 6.50. The van der Waals surface area contributed by atoms with Crippen LogP contribution < -0.4 is 10.1 Å². The van der Waals surface area contributed by atoms with Gasteiger partial charge in [0, 0.05) is 24.4 Å². The molecule has 4 heteroatoms. The molecule has 4 nitrogen and oxygen atoms in total. The van der Waals surface area contributed by atoms with Crippen molar-refractivity contribution >= 4 is 5.78 Å². The van der Waals surface area contributed by atoms with Gasteiger partial charge in [-0.2, -0.15) is 0 Å². The van der Waals surface area contributed by atoms with Gasteiger partial charge in [0.25, 0.3) is 0 Å². The van der Waals surface area contributed by atoms with Gasteiger partial charge >= 0.3 is 0 Å². The summed E-state index contributed by atoms with van der Waals surface area (Å²) in [5.41, 5.74) is 4.42.